The normalized spacial score (nSPS) is 18.5. The number of amides is 3. The predicted octanol–water partition coefficient (Wildman–Crippen LogP) is 22.2. The molecule has 15 rings (SSSR count). The van der Waals surface area contributed by atoms with Gasteiger partial charge >= 0.3 is 18.5 Å². The van der Waals surface area contributed by atoms with Crippen LogP contribution < -0.4 is 16.7 Å². The molecule has 0 N–H and O–H groups in total. The Bertz CT molecular complexity index is 8060. The molecular formula is C110H118F12N12O6S3. The van der Waals surface area contributed by atoms with E-state index < -0.39 is 284 Å². The topological polar surface area (TPSA) is 175 Å². The second kappa shape index (κ2) is 50.1. The van der Waals surface area contributed by atoms with Gasteiger partial charge in [-0.15, -0.1) is 0 Å². The highest BCUT2D eigenvalue weighted by atomic mass is 32.2. The van der Waals surface area contributed by atoms with Crippen LogP contribution in [0.3, 0.4) is 0 Å². The summed E-state index contributed by atoms with van der Waals surface area (Å²) in [5, 5.41) is -0.835. The molecular weight excluding hydrogens is 1910 g/mol. The van der Waals surface area contributed by atoms with Crippen LogP contribution in [0.2, 0.25) is 0 Å². The van der Waals surface area contributed by atoms with Crippen molar-refractivity contribution in [3.05, 3.63) is 350 Å². The van der Waals surface area contributed by atoms with Crippen LogP contribution >= 0.6 is 35.3 Å². The first kappa shape index (κ1) is 74.1. The second-order valence-corrected chi connectivity index (χ2v) is 35.3. The lowest BCUT2D eigenvalue weighted by molar-refractivity contribution is -0.138. The fraction of sp³-hybridized carbons (Fsp3) is 0.373. The molecule has 33 heteroatoms. The highest BCUT2D eigenvalue weighted by molar-refractivity contribution is 7.98. The number of hydrogen-bond donors (Lipinski definition) is 0. The van der Waals surface area contributed by atoms with Crippen molar-refractivity contribution in [1.29, 1.82) is 0 Å². The van der Waals surface area contributed by atoms with Gasteiger partial charge in [-0.2, -0.15) is 54.5 Å². The van der Waals surface area contributed by atoms with Gasteiger partial charge in [0.05, 0.1) is 34.5 Å². The lowest BCUT2D eigenvalue weighted by atomic mass is 9.98. The zero-order valence-corrected chi connectivity index (χ0v) is 80.9. The van der Waals surface area contributed by atoms with Gasteiger partial charge < -0.3 is 43.1 Å². The molecule has 0 spiro atoms. The molecule has 3 aromatic heterocycles. The van der Waals surface area contributed by atoms with E-state index in [0.717, 1.165) is 140 Å². The fourth-order valence-corrected chi connectivity index (χ4v) is 18.0. The number of carbonyl (C=O) groups excluding carboxylic acids is 3. The van der Waals surface area contributed by atoms with Gasteiger partial charge in [0, 0.05) is 133 Å². The van der Waals surface area contributed by atoms with Gasteiger partial charge in [0.25, 0.3) is 16.7 Å². The first-order valence-electron chi connectivity index (χ1n) is 59.7. The molecule has 1 atom stereocenters. The highest BCUT2D eigenvalue weighted by Crippen LogP contribution is 2.39. The summed E-state index contributed by atoms with van der Waals surface area (Å²) in [7, 11) is 0. The number of halogens is 12. The summed E-state index contributed by atoms with van der Waals surface area (Å²) in [6.45, 7) is -19.0. The van der Waals surface area contributed by atoms with Crippen molar-refractivity contribution in [3.8, 4) is 33.4 Å². The smallest absolute Gasteiger partial charge is 0.336 e. The molecule has 12 aromatic rings. The van der Waals surface area contributed by atoms with Gasteiger partial charge in [0.15, 0.2) is 15.5 Å². The number of benzene rings is 9. The maximum Gasteiger partial charge on any atom is 0.416 e. The number of carbonyl (C=O) groups is 3. The maximum atomic E-state index is 14.8. The van der Waals surface area contributed by atoms with E-state index in [2.05, 4.69) is 15.0 Å². The van der Waals surface area contributed by atoms with E-state index in [1.807, 2.05) is 0 Å². The number of aromatic nitrogens is 6. The summed E-state index contributed by atoms with van der Waals surface area (Å²) >= 11 is 2.58. The number of thioether (sulfide) groups is 3. The van der Waals surface area contributed by atoms with Crippen LogP contribution in [0.15, 0.2) is 242 Å². The number of nitrogens with zero attached hydrogens (tertiary/aromatic N) is 12. The molecule has 0 saturated carbocycles. The number of alkyl halides is 9. The molecule has 0 fully saturated rings. The minimum absolute atomic E-state index is 0.0458. The van der Waals surface area contributed by atoms with Gasteiger partial charge in [-0.1, -0.05) is 229 Å². The van der Waals surface area contributed by atoms with Gasteiger partial charge in [0.1, 0.15) is 36.9 Å². The van der Waals surface area contributed by atoms with E-state index in [-0.39, 0.29) is 71.3 Å². The SMILES string of the molecule is [2H]C([2H])(C)N(CCN(Cc1ccc(-c2ccc(C(F)(F)F)cc2)cc1)C(=O)C([2H])([2H])n1c(SCc2ccc(F)cc2)nc(=O)c2c1C([2H])([2H])C([2H])(C)C2([2H])[2H])C([2H])([2H])C.[2H]C([2H])(C)N(CCN(Cc1ccc(-c2ccc(C(F)(F)F)cc2)cc1)C(=O)C([2H])([2H])n1c(SCc2ccc(F)cc2)nc(=O)c2c1CCC2)C([2H])([2H])C.[2H]c1c([2H])c(-c2c([2H])c([2H])c(C(F)(F)F)c(C)c2[2H])c([2H])c([2H])c1CN(CCN(C([2H])([2H])C)C([2H])([2H])C)C(=O)C([2H])([2H])n1c(SCc2ccc(F)cc2)nc(=O)c2c1CCC2. The monoisotopic (exact) mass is 2060 g/mol. The van der Waals surface area contributed by atoms with E-state index in [0.29, 0.717) is 103 Å². The summed E-state index contributed by atoms with van der Waals surface area (Å²) in [6.07, 6.45) is -18.3. The molecule has 756 valence electrons. The largest absolute Gasteiger partial charge is 0.416 e. The summed E-state index contributed by atoms with van der Waals surface area (Å²) in [4.78, 5) is 101. The molecule has 0 radical (unpaired) electrons. The van der Waals surface area contributed by atoms with E-state index in [1.165, 1.54) is 98.8 Å². The maximum absolute atomic E-state index is 14.8. The lowest BCUT2D eigenvalue weighted by Crippen LogP contribution is -2.40. The Morgan fingerprint density at radius 1 is 0.385 bits per heavy atom. The summed E-state index contributed by atoms with van der Waals surface area (Å²) < 4.78 is 423. The molecule has 3 heterocycles. The van der Waals surface area contributed by atoms with E-state index >= 15 is 0 Å². The summed E-state index contributed by atoms with van der Waals surface area (Å²) in [5.74, 6) is -7.95. The van der Waals surface area contributed by atoms with Crippen LogP contribution in [0.4, 0.5) is 52.7 Å². The summed E-state index contributed by atoms with van der Waals surface area (Å²) in [5.41, 5.74) is -4.91. The molecule has 9 aromatic carbocycles. The van der Waals surface area contributed by atoms with Crippen LogP contribution in [0, 0.1) is 30.3 Å². The van der Waals surface area contributed by atoms with Crippen LogP contribution in [-0.2, 0) is 128 Å². The van der Waals surface area contributed by atoms with Crippen molar-refractivity contribution >= 4 is 53.0 Å². The summed E-state index contributed by atoms with van der Waals surface area (Å²) in [6, 6.07) is 30.6. The van der Waals surface area contributed by atoms with Crippen molar-refractivity contribution in [2.75, 3.05) is 78.2 Å². The Labute approximate surface area is 880 Å². The lowest BCUT2D eigenvalue weighted by Gasteiger charge is -2.28. The standard InChI is InChI=1S/2C37H40F4N4O2S.C36H38F4N4O2S/c1-4-43(5-2)18-19-44(22-26-6-10-28(11-7-26)29-12-14-30(15-13-29)37(39,40)41)34(46)23-45-33-21-25(3)20-32(33)35(47)42-36(45)48-24-27-8-16-31(38)17-9-27;1-4-43(5-2)19-20-44(22-26-9-13-28(14-10-26)29-15-18-32(25(3)21-29)37(39,40)41)34(46)23-45-33-8-6-7-31(33)35(47)42-36(45)48-24-27-11-16-30(38)17-12-27;1-3-42(4-2)20-21-43(22-25-8-12-27(13-9-25)28-14-16-29(17-15-28)36(38,39)40)33(45)23-44-32-7-5-6-31(32)34(46)41-35(44)47-24-26-10-18-30(37)19-11-26/h6-17,25H,4-5,18-24H2,1-3H3;9-18,21H,4-8,19-20,22-24H2,1-3H3;8-19H,3-7,20-24H2,1-2H3/i4D2,5D2,20D2,21D2,23D2,25D;4D2,5D2,9D,10D,13D,14D,15D,18D,21D,23D2;3D2,4D2,23D2. The molecule has 0 saturated heterocycles. The average molecular weight is 2060 g/mol. The number of fused-ring (bicyclic) bond motifs is 3. The van der Waals surface area contributed by atoms with Crippen molar-refractivity contribution < 1.29 is 108 Å². The zero-order valence-electron chi connectivity index (χ0n) is 108. The van der Waals surface area contributed by atoms with Crippen molar-refractivity contribution in [2.24, 2.45) is 5.89 Å². The predicted molar refractivity (Wildman–Crippen MR) is 539 cm³/mol. The molecule has 0 aliphatic heterocycles. The third kappa shape index (κ3) is 29.5. The first-order valence-corrected chi connectivity index (χ1v) is 47.7. The molecule has 3 aliphatic carbocycles. The number of rotatable bonds is 39. The second-order valence-electron chi connectivity index (χ2n) is 32.5. The van der Waals surface area contributed by atoms with Crippen molar-refractivity contribution in [1.82, 2.24) is 58.1 Å². The molecule has 1 unspecified atom stereocenters. The molecule has 3 amide bonds. The van der Waals surface area contributed by atoms with E-state index in [1.54, 1.807) is 48.5 Å². The van der Waals surface area contributed by atoms with Gasteiger partial charge in [-0.05, 0) is 242 Å². The number of likely N-dealkylation sites (N-methyl/N-ethyl adjacent to an activating group) is 3. The van der Waals surface area contributed by atoms with E-state index in [4.69, 9.17) is 32.9 Å². The van der Waals surface area contributed by atoms with Crippen LogP contribution in [0.25, 0.3) is 33.4 Å². The number of hydrogen-bond acceptors (Lipinski definition) is 15. The van der Waals surface area contributed by atoms with Gasteiger partial charge in [0.2, 0.25) is 17.7 Å². The third-order valence-corrected chi connectivity index (χ3v) is 26.0. The van der Waals surface area contributed by atoms with Crippen LogP contribution in [-0.4, -0.2) is 154 Å². The Hall–Kier alpha value is -11.9. The minimum Gasteiger partial charge on any atom is -0.336 e. The Kier molecular flexibility index (Phi) is 25.9. The van der Waals surface area contributed by atoms with E-state index in [9.17, 15) is 89.7 Å². The first-order chi connectivity index (χ1) is 79.6. The third-order valence-electron chi connectivity index (χ3n) is 22.9. The minimum atomic E-state index is -5.14. The molecule has 0 bridgehead atoms. The van der Waals surface area contributed by atoms with Crippen LogP contribution in [0.1, 0.15) is 192 Å². The Morgan fingerprint density at radius 2 is 0.692 bits per heavy atom. The zero-order chi connectivity index (χ0) is 129. The average Bonchev–Trinajstić information content (AvgIpc) is 1.51. The fourth-order valence-electron chi connectivity index (χ4n) is 15.3. The molecule has 18 nitrogen and oxygen atoms in total. The van der Waals surface area contributed by atoms with Crippen molar-refractivity contribution in [3.63, 3.8) is 0 Å². The van der Waals surface area contributed by atoms with Crippen molar-refractivity contribution in [2.45, 2.75) is 197 Å². The molecule has 3 aliphatic rings. The van der Waals surface area contributed by atoms with Gasteiger partial charge in [-0.25, -0.2) is 13.2 Å². The van der Waals surface area contributed by atoms with Gasteiger partial charge in [-0.3, -0.25) is 28.8 Å². The quantitative estimate of drug-likeness (QED) is 0.0202. The highest BCUT2D eigenvalue weighted by Gasteiger charge is 2.36. The molecule has 143 heavy (non-hydrogen) atoms. The Morgan fingerprint density at radius 3 is 1.02 bits per heavy atom. The van der Waals surface area contributed by atoms with Crippen LogP contribution in [0.5, 0.6) is 0 Å². The Balaban J connectivity index is 0.000000212.